The van der Waals surface area contributed by atoms with Gasteiger partial charge in [0.05, 0.1) is 5.56 Å². The largest absolute Gasteiger partial charge is 0.416 e. The van der Waals surface area contributed by atoms with Crippen molar-refractivity contribution in [2.75, 3.05) is 7.05 Å². The van der Waals surface area contributed by atoms with E-state index in [4.69, 9.17) is 0 Å². The van der Waals surface area contributed by atoms with E-state index < -0.39 is 11.7 Å². The highest BCUT2D eigenvalue weighted by Gasteiger charge is 2.34. The maximum atomic E-state index is 12.9. The fourth-order valence-electron chi connectivity index (χ4n) is 1.81. The summed E-state index contributed by atoms with van der Waals surface area (Å²) in [6.45, 7) is 4.17. The van der Waals surface area contributed by atoms with Crippen LogP contribution in [0.4, 0.5) is 13.2 Å². The van der Waals surface area contributed by atoms with Crippen LogP contribution in [-0.2, 0) is 12.7 Å². The summed E-state index contributed by atoms with van der Waals surface area (Å²) in [4.78, 5) is 0. The van der Waals surface area contributed by atoms with Crippen molar-refractivity contribution < 1.29 is 13.2 Å². The highest BCUT2D eigenvalue weighted by molar-refractivity contribution is 5.36. The molecule has 0 aromatic heterocycles. The van der Waals surface area contributed by atoms with Crippen LogP contribution in [0.5, 0.6) is 0 Å². The Morgan fingerprint density at radius 3 is 2.41 bits per heavy atom. The molecule has 1 atom stereocenters. The lowest BCUT2D eigenvalue weighted by Crippen LogP contribution is -2.13. The van der Waals surface area contributed by atoms with Gasteiger partial charge in [-0.05, 0) is 36.6 Å². The minimum absolute atomic E-state index is 0.0738. The van der Waals surface area contributed by atoms with E-state index in [2.05, 4.69) is 5.32 Å². The molecule has 0 aliphatic heterocycles. The van der Waals surface area contributed by atoms with E-state index in [0.29, 0.717) is 24.1 Å². The van der Waals surface area contributed by atoms with Gasteiger partial charge in [-0.25, -0.2) is 0 Å². The first-order valence-corrected chi connectivity index (χ1v) is 5.74. The van der Waals surface area contributed by atoms with Crippen molar-refractivity contribution in [3.8, 4) is 0 Å². The van der Waals surface area contributed by atoms with Crippen LogP contribution in [-0.4, -0.2) is 7.05 Å². The van der Waals surface area contributed by atoms with E-state index in [0.717, 1.165) is 0 Å². The third kappa shape index (κ3) is 3.46. The van der Waals surface area contributed by atoms with E-state index in [-0.39, 0.29) is 5.92 Å². The summed E-state index contributed by atoms with van der Waals surface area (Å²) >= 11 is 0. The molecule has 17 heavy (non-hydrogen) atoms. The molecule has 0 aliphatic rings. The molecule has 96 valence electrons. The van der Waals surface area contributed by atoms with E-state index in [1.807, 2.05) is 13.8 Å². The summed E-state index contributed by atoms with van der Waals surface area (Å²) in [6.07, 6.45) is -3.57. The topological polar surface area (TPSA) is 12.0 Å². The van der Waals surface area contributed by atoms with Gasteiger partial charge in [-0.1, -0.05) is 26.0 Å². The lowest BCUT2D eigenvalue weighted by atomic mass is 9.92. The first-order valence-electron chi connectivity index (χ1n) is 5.74. The van der Waals surface area contributed by atoms with Crippen LogP contribution in [0.25, 0.3) is 0 Å². The van der Waals surface area contributed by atoms with Crippen LogP contribution in [0.2, 0.25) is 0 Å². The summed E-state index contributed by atoms with van der Waals surface area (Å²) < 4.78 is 38.8. The normalized spacial score (nSPS) is 13.8. The minimum atomic E-state index is -4.28. The van der Waals surface area contributed by atoms with Crippen LogP contribution in [0, 0.1) is 0 Å². The summed E-state index contributed by atoms with van der Waals surface area (Å²) in [5.74, 6) is -0.0738. The molecule has 4 heteroatoms. The molecule has 0 aliphatic carbocycles. The Morgan fingerprint density at radius 1 is 1.29 bits per heavy atom. The molecule has 0 radical (unpaired) electrons. The molecule has 0 bridgehead atoms. The average molecular weight is 245 g/mol. The summed E-state index contributed by atoms with van der Waals surface area (Å²) in [5, 5.41) is 2.86. The molecule has 1 rings (SSSR count). The van der Waals surface area contributed by atoms with Gasteiger partial charge in [0.25, 0.3) is 0 Å². The van der Waals surface area contributed by atoms with Gasteiger partial charge in [0.15, 0.2) is 0 Å². The lowest BCUT2D eigenvalue weighted by Gasteiger charge is -2.18. The van der Waals surface area contributed by atoms with Crippen LogP contribution in [0.3, 0.4) is 0 Å². The number of hydrogen-bond donors (Lipinski definition) is 1. The Hall–Kier alpha value is -1.03. The molecule has 0 saturated carbocycles. The third-order valence-corrected chi connectivity index (χ3v) is 2.95. The van der Waals surface area contributed by atoms with Crippen molar-refractivity contribution in [3.63, 3.8) is 0 Å². The standard InChI is InChI=1S/C13H18F3N/c1-4-9(2)11-6-5-10(8-17-3)7-12(11)13(14,15)16/h5-7,9,17H,4,8H2,1-3H3. The monoisotopic (exact) mass is 245 g/mol. The van der Waals surface area contributed by atoms with Gasteiger partial charge >= 0.3 is 6.18 Å². The van der Waals surface area contributed by atoms with Crippen LogP contribution < -0.4 is 5.32 Å². The molecule has 0 heterocycles. The van der Waals surface area contributed by atoms with E-state index >= 15 is 0 Å². The van der Waals surface area contributed by atoms with E-state index in [9.17, 15) is 13.2 Å². The summed E-state index contributed by atoms with van der Waals surface area (Å²) in [6, 6.07) is 4.61. The summed E-state index contributed by atoms with van der Waals surface area (Å²) in [5.41, 5.74) is 0.548. The zero-order chi connectivity index (χ0) is 13.1. The average Bonchev–Trinajstić information content (AvgIpc) is 2.27. The minimum Gasteiger partial charge on any atom is -0.316 e. The molecule has 0 amide bonds. The number of alkyl halides is 3. The fourth-order valence-corrected chi connectivity index (χ4v) is 1.81. The highest BCUT2D eigenvalue weighted by atomic mass is 19.4. The number of benzene rings is 1. The van der Waals surface area contributed by atoms with Gasteiger partial charge in [-0.3, -0.25) is 0 Å². The van der Waals surface area contributed by atoms with Crippen molar-refractivity contribution >= 4 is 0 Å². The Balaban J connectivity index is 3.22. The van der Waals surface area contributed by atoms with Gasteiger partial charge in [-0.15, -0.1) is 0 Å². The van der Waals surface area contributed by atoms with Gasteiger partial charge in [0.2, 0.25) is 0 Å². The number of halogens is 3. The number of nitrogens with one attached hydrogen (secondary N) is 1. The summed E-state index contributed by atoms with van der Waals surface area (Å²) in [7, 11) is 1.72. The number of rotatable bonds is 4. The SMILES string of the molecule is CCC(C)c1ccc(CNC)cc1C(F)(F)F. The van der Waals surface area contributed by atoms with Gasteiger partial charge < -0.3 is 5.32 Å². The van der Waals surface area contributed by atoms with Crippen LogP contribution in [0.1, 0.15) is 42.9 Å². The molecular formula is C13H18F3N. The van der Waals surface area contributed by atoms with Gasteiger partial charge in [0, 0.05) is 6.54 Å². The second-order valence-electron chi connectivity index (χ2n) is 4.26. The zero-order valence-corrected chi connectivity index (χ0v) is 10.4. The van der Waals surface area contributed by atoms with Crippen molar-refractivity contribution in [2.45, 2.75) is 38.9 Å². The number of hydrogen-bond acceptors (Lipinski definition) is 1. The second kappa shape index (κ2) is 5.54. The first-order chi connectivity index (χ1) is 7.90. The molecule has 1 unspecified atom stereocenters. The van der Waals surface area contributed by atoms with E-state index in [1.54, 1.807) is 19.2 Å². The van der Waals surface area contributed by atoms with E-state index in [1.165, 1.54) is 6.07 Å². The smallest absolute Gasteiger partial charge is 0.316 e. The van der Waals surface area contributed by atoms with Crippen molar-refractivity contribution in [1.29, 1.82) is 0 Å². The van der Waals surface area contributed by atoms with Gasteiger partial charge in [0.1, 0.15) is 0 Å². The molecule has 0 fully saturated rings. The predicted molar refractivity (Wildman–Crippen MR) is 62.9 cm³/mol. The molecule has 0 saturated heterocycles. The van der Waals surface area contributed by atoms with Crippen LogP contribution >= 0.6 is 0 Å². The Bertz CT molecular complexity index is 371. The molecular weight excluding hydrogens is 227 g/mol. The molecule has 1 aromatic rings. The third-order valence-electron chi connectivity index (χ3n) is 2.95. The van der Waals surface area contributed by atoms with Gasteiger partial charge in [-0.2, -0.15) is 13.2 Å². The van der Waals surface area contributed by atoms with Crippen LogP contribution in [0.15, 0.2) is 18.2 Å². The Labute approximate surface area is 100 Å². The Kier molecular flexibility index (Phi) is 4.57. The van der Waals surface area contributed by atoms with Crippen molar-refractivity contribution in [1.82, 2.24) is 5.32 Å². The predicted octanol–water partition coefficient (Wildman–Crippen LogP) is 3.94. The maximum absolute atomic E-state index is 12.9. The maximum Gasteiger partial charge on any atom is 0.416 e. The quantitative estimate of drug-likeness (QED) is 0.847. The second-order valence-corrected chi connectivity index (χ2v) is 4.26. The molecule has 0 spiro atoms. The fraction of sp³-hybridized carbons (Fsp3) is 0.538. The van der Waals surface area contributed by atoms with Crippen molar-refractivity contribution in [2.24, 2.45) is 0 Å². The first kappa shape index (κ1) is 14.0. The zero-order valence-electron chi connectivity index (χ0n) is 10.4. The van der Waals surface area contributed by atoms with Crippen molar-refractivity contribution in [3.05, 3.63) is 34.9 Å². The molecule has 1 N–H and O–H groups in total. The highest BCUT2D eigenvalue weighted by Crippen LogP contribution is 2.36. The Morgan fingerprint density at radius 2 is 1.94 bits per heavy atom. The molecule has 1 nitrogen and oxygen atoms in total. The lowest BCUT2D eigenvalue weighted by molar-refractivity contribution is -0.138. The molecule has 1 aromatic carbocycles.